The lowest BCUT2D eigenvalue weighted by Crippen LogP contribution is -2.01. The quantitative estimate of drug-likeness (QED) is 0.156. The van der Waals surface area contributed by atoms with Crippen LogP contribution >= 0.6 is 0 Å². The van der Waals surface area contributed by atoms with Gasteiger partial charge in [0, 0.05) is 55.0 Å². The van der Waals surface area contributed by atoms with E-state index in [4.69, 9.17) is 15.0 Å². The standard InChI is InChI=1S/C63H39N5/c1-4-17-40(18-5-1)61-64-62(41-19-6-2-7-20-41)66-63(65-61)52-28-16-27-51-47-34-33-45(39-53(47)46-23-10-11-26-50(46)60(51)52)68-57-30-15-13-25-49(57)55-38-43(32-36-59(55)68)42-31-35-58-54(37-42)48-24-12-14-29-56(48)67(58)44-21-8-3-9-22-44/h1-39H. The fourth-order valence-corrected chi connectivity index (χ4v) is 10.7. The summed E-state index contributed by atoms with van der Waals surface area (Å²) in [6.45, 7) is 0. The minimum Gasteiger partial charge on any atom is -0.309 e. The van der Waals surface area contributed by atoms with Crippen LogP contribution in [0.1, 0.15) is 0 Å². The molecule has 3 aromatic heterocycles. The van der Waals surface area contributed by atoms with E-state index in [1.165, 1.54) is 70.9 Å². The van der Waals surface area contributed by atoms with Crippen molar-refractivity contribution in [3.05, 3.63) is 237 Å². The van der Waals surface area contributed by atoms with Crippen LogP contribution in [-0.4, -0.2) is 24.1 Å². The van der Waals surface area contributed by atoms with Gasteiger partial charge in [0.2, 0.25) is 0 Å². The van der Waals surface area contributed by atoms with Gasteiger partial charge in [0.15, 0.2) is 17.5 Å². The molecule has 68 heavy (non-hydrogen) atoms. The number of hydrogen-bond donors (Lipinski definition) is 0. The first-order valence-electron chi connectivity index (χ1n) is 23.1. The molecule has 14 rings (SSSR count). The minimum atomic E-state index is 0.646. The average molecular weight is 866 g/mol. The Bertz CT molecular complexity index is 4220. The molecule has 0 radical (unpaired) electrons. The lowest BCUT2D eigenvalue weighted by atomic mass is 9.91. The maximum atomic E-state index is 5.18. The third-order valence-corrected chi connectivity index (χ3v) is 13.7. The Kier molecular flexibility index (Phi) is 8.52. The number of benzene rings is 11. The molecule has 0 unspecified atom stereocenters. The third-order valence-electron chi connectivity index (χ3n) is 13.7. The first kappa shape index (κ1) is 38.1. The molecule has 316 valence electrons. The number of rotatable bonds is 6. The molecule has 0 saturated heterocycles. The number of aromatic nitrogens is 5. The number of hydrogen-bond acceptors (Lipinski definition) is 3. The van der Waals surface area contributed by atoms with E-state index in [-0.39, 0.29) is 0 Å². The van der Waals surface area contributed by atoms with Crippen LogP contribution in [0.3, 0.4) is 0 Å². The average Bonchev–Trinajstić information content (AvgIpc) is 3.93. The monoisotopic (exact) mass is 865 g/mol. The Labute approximate surface area is 391 Å². The van der Waals surface area contributed by atoms with Crippen molar-refractivity contribution in [2.75, 3.05) is 0 Å². The van der Waals surface area contributed by atoms with Crippen molar-refractivity contribution in [3.8, 4) is 56.7 Å². The van der Waals surface area contributed by atoms with Gasteiger partial charge in [-0.3, -0.25) is 0 Å². The molecule has 5 heteroatoms. The van der Waals surface area contributed by atoms with E-state index in [0.717, 1.165) is 44.2 Å². The summed E-state index contributed by atoms with van der Waals surface area (Å²) in [5.74, 6) is 1.94. The molecule has 0 saturated carbocycles. The highest BCUT2D eigenvalue weighted by atomic mass is 15.0. The van der Waals surface area contributed by atoms with E-state index in [9.17, 15) is 0 Å². The Morgan fingerprint density at radius 2 is 0.676 bits per heavy atom. The smallest absolute Gasteiger partial charge is 0.164 e. The molecule has 0 N–H and O–H groups in total. The topological polar surface area (TPSA) is 48.5 Å². The molecular weight excluding hydrogens is 827 g/mol. The van der Waals surface area contributed by atoms with Gasteiger partial charge in [0.05, 0.1) is 22.1 Å². The van der Waals surface area contributed by atoms with Crippen LogP contribution in [0.2, 0.25) is 0 Å². The Hall–Kier alpha value is -9.19. The molecule has 0 amide bonds. The van der Waals surface area contributed by atoms with Crippen molar-refractivity contribution in [3.63, 3.8) is 0 Å². The fourth-order valence-electron chi connectivity index (χ4n) is 10.7. The summed E-state index contributed by atoms with van der Waals surface area (Å²) < 4.78 is 4.80. The van der Waals surface area contributed by atoms with E-state index >= 15 is 0 Å². The molecule has 3 heterocycles. The second kappa shape index (κ2) is 15.2. The largest absolute Gasteiger partial charge is 0.309 e. The van der Waals surface area contributed by atoms with Gasteiger partial charge < -0.3 is 9.13 Å². The van der Waals surface area contributed by atoms with Crippen molar-refractivity contribution in [2.24, 2.45) is 0 Å². The van der Waals surface area contributed by atoms with Gasteiger partial charge in [0.1, 0.15) is 0 Å². The second-order valence-corrected chi connectivity index (χ2v) is 17.5. The molecule has 0 bridgehead atoms. The molecule has 14 aromatic rings. The van der Waals surface area contributed by atoms with Gasteiger partial charge in [-0.1, -0.05) is 176 Å². The SMILES string of the molecule is c1ccc(-c2nc(-c3ccccc3)nc(-c3cccc4c5ccc(-n6c7ccccc7c7cc(-c8ccc9c(c8)c8ccccc8n9-c8ccccc8)ccc76)cc5c5ccccc5c34)n2)cc1. The van der Waals surface area contributed by atoms with E-state index in [0.29, 0.717) is 17.5 Å². The third kappa shape index (κ3) is 5.93. The molecule has 0 aliphatic carbocycles. The number of fused-ring (bicyclic) bond motifs is 12. The van der Waals surface area contributed by atoms with Gasteiger partial charge in [-0.05, 0) is 98.7 Å². The summed E-state index contributed by atoms with van der Waals surface area (Å²) in [5, 5.41) is 11.9. The van der Waals surface area contributed by atoms with Gasteiger partial charge in [-0.15, -0.1) is 0 Å². The zero-order chi connectivity index (χ0) is 44.7. The first-order valence-corrected chi connectivity index (χ1v) is 23.1. The predicted molar refractivity (Wildman–Crippen MR) is 283 cm³/mol. The fraction of sp³-hybridized carbons (Fsp3) is 0. The minimum absolute atomic E-state index is 0.646. The molecule has 0 fully saturated rings. The van der Waals surface area contributed by atoms with Crippen LogP contribution in [0.15, 0.2) is 237 Å². The lowest BCUT2D eigenvalue weighted by molar-refractivity contribution is 1.08. The van der Waals surface area contributed by atoms with E-state index in [1.54, 1.807) is 0 Å². The summed E-state index contributed by atoms with van der Waals surface area (Å²) in [5.41, 5.74) is 12.3. The predicted octanol–water partition coefficient (Wildman–Crippen LogP) is 16.2. The molecule has 0 aliphatic heterocycles. The maximum Gasteiger partial charge on any atom is 0.164 e. The van der Waals surface area contributed by atoms with Crippen LogP contribution in [0.5, 0.6) is 0 Å². The molecular formula is C63H39N5. The van der Waals surface area contributed by atoms with Crippen LogP contribution in [-0.2, 0) is 0 Å². The summed E-state index contributed by atoms with van der Waals surface area (Å²) in [6, 6.07) is 84.7. The number of para-hydroxylation sites is 3. The number of nitrogens with zero attached hydrogens (tertiary/aromatic N) is 5. The zero-order valence-corrected chi connectivity index (χ0v) is 36.8. The molecule has 0 spiro atoms. The highest BCUT2D eigenvalue weighted by Crippen LogP contribution is 2.43. The summed E-state index contributed by atoms with van der Waals surface area (Å²) in [7, 11) is 0. The second-order valence-electron chi connectivity index (χ2n) is 17.5. The zero-order valence-electron chi connectivity index (χ0n) is 36.8. The summed E-state index contributed by atoms with van der Waals surface area (Å²) in [4.78, 5) is 15.4. The molecule has 0 aliphatic rings. The summed E-state index contributed by atoms with van der Waals surface area (Å²) >= 11 is 0. The molecule has 0 atom stereocenters. The van der Waals surface area contributed by atoms with Crippen molar-refractivity contribution in [2.45, 2.75) is 0 Å². The molecule has 11 aromatic carbocycles. The first-order chi connectivity index (χ1) is 33.7. The Morgan fingerprint density at radius 3 is 1.26 bits per heavy atom. The van der Waals surface area contributed by atoms with E-state index < -0.39 is 0 Å². The van der Waals surface area contributed by atoms with Crippen molar-refractivity contribution in [1.29, 1.82) is 0 Å². The summed E-state index contributed by atoms with van der Waals surface area (Å²) in [6.07, 6.45) is 0. The van der Waals surface area contributed by atoms with Crippen LogP contribution < -0.4 is 0 Å². The van der Waals surface area contributed by atoms with Crippen LogP contribution in [0.4, 0.5) is 0 Å². The van der Waals surface area contributed by atoms with Gasteiger partial charge >= 0.3 is 0 Å². The van der Waals surface area contributed by atoms with E-state index in [2.05, 4.69) is 209 Å². The van der Waals surface area contributed by atoms with Crippen LogP contribution in [0.25, 0.3) is 133 Å². The van der Waals surface area contributed by atoms with Gasteiger partial charge in [-0.2, -0.15) is 0 Å². The van der Waals surface area contributed by atoms with Crippen LogP contribution in [0, 0.1) is 0 Å². The van der Waals surface area contributed by atoms with Gasteiger partial charge in [-0.25, -0.2) is 15.0 Å². The Morgan fingerprint density at radius 1 is 0.235 bits per heavy atom. The van der Waals surface area contributed by atoms with Crippen molar-refractivity contribution in [1.82, 2.24) is 24.1 Å². The Balaban J connectivity index is 0.935. The lowest BCUT2D eigenvalue weighted by Gasteiger charge is -2.16. The van der Waals surface area contributed by atoms with Gasteiger partial charge in [0.25, 0.3) is 0 Å². The maximum absolute atomic E-state index is 5.18. The normalized spacial score (nSPS) is 11.8. The van der Waals surface area contributed by atoms with Crippen molar-refractivity contribution >= 4 is 75.9 Å². The molecule has 5 nitrogen and oxygen atoms in total. The van der Waals surface area contributed by atoms with E-state index in [1.807, 2.05) is 36.4 Å². The van der Waals surface area contributed by atoms with Crippen molar-refractivity contribution < 1.29 is 0 Å². The highest BCUT2D eigenvalue weighted by molar-refractivity contribution is 6.28. The highest BCUT2D eigenvalue weighted by Gasteiger charge is 2.20.